The summed E-state index contributed by atoms with van der Waals surface area (Å²) in [7, 11) is 0. The van der Waals surface area contributed by atoms with Gasteiger partial charge < -0.3 is 58.4 Å². The maximum absolute atomic E-state index is 14.6. The molecule has 4 aromatic rings. The molecule has 2 aliphatic rings. The number of hydrogen-bond donors (Lipinski definition) is 3. The van der Waals surface area contributed by atoms with Crippen LogP contribution in [-0.2, 0) is 57.6 Å². The molecule has 17 heteroatoms. The fourth-order valence-electron chi connectivity index (χ4n) is 7.28. The van der Waals surface area contributed by atoms with Crippen molar-refractivity contribution in [2.24, 2.45) is 5.92 Å². The molecule has 0 spiro atoms. The first kappa shape index (κ1) is 43.8. The Balaban J connectivity index is 0.944. The first-order valence-electron chi connectivity index (χ1n) is 20.6. The van der Waals surface area contributed by atoms with Crippen molar-refractivity contribution in [3.63, 3.8) is 0 Å². The standard InChI is InChI=1S/C42H58FN7O9/c1-4-54-19-20-57-23-24-58-22-21-55-16-10-38(51)47-40(29(2)3)41(53)45-27-39(52)44-11-13-50-35-9-12-49(28-33(35)32-7-5-30(43)25-36(32)50)31-6-8-37-34(26-31)46-42(59-37)48-14-17-56-18-15-48/h5-8,25-26,29,40H,4,9-24,27-28H2,1-3H3,(H,44,52)(H,45,53)(H,47,51). The van der Waals surface area contributed by atoms with Gasteiger partial charge in [-0.05, 0) is 49.2 Å². The number of ether oxygens (including phenoxy) is 5. The summed E-state index contributed by atoms with van der Waals surface area (Å²) in [6.45, 7) is 13.7. The molecule has 6 rings (SSSR count). The van der Waals surface area contributed by atoms with E-state index in [0.29, 0.717) is 78.6 Å². The Kier molecular flexibility index (Phi) is 16.3. The third-order valence-corrected chi connectivity index (χ3v) is 10.4. The number of rotatable bonds is 23. The van der Waals surface area contributed by atoms with Crippen LogP contribution in [0.3, 0.4) is 0 Å². The van der Waals surface area contributed by atoms with Gasteiger partial charge in [0.15, 0.2) is 5.58 Å². The van der Waals surface area contributed by atoms with E-state index in [1.807, 2.05) is 39.0 Å². The van der Waals surface area contributed by atoms with E-state index in [4.69, 9.17) is 33.1 Å². The summed E-state index contributed by atoms with van der Waals surface area (Å²) in [5.74, 6) is -1.70. The van der Waals surface area contributed by atoms with Crippen LogP contribution < -0.4 is 25.8 Å². The minimum atomic E-state index is -0.820. The minimum Gasteiger partial charge on any atom is -0.423 e. The van der Waals surface area contributed by atoms with Crippen LogP contribution >= 0.6 is 0 Å². The van der Waals surface area contributed by atoms with Gasteiger partial charge in [0.2, 0.25) is 17.7 Å². The number of aromatic nitrogens is 2. The predicted octanol–water partition coefficient (Wildman–Crippen LogP) is 3.17. The molecule has 4 heterocycles. The maximum atomic E-state index is 14.6. The molecule has 16 nitrogen and oxygen atoms in total. The zero-order valence-electron chi connectivity index (χ0n) is 34.4. The molecule has 2 aromatic heterocycles. The molecule has 3 amide bonds. The van der Waals surface area contributed by atoms with Gasteiger partial charge in [-0.1, -0.05) is 13.8 Å². The lowest BCUT2D eigenvalue weighted by Crippen LogP contribution is -2.51. The van der Waals surface area contributed by atoms with Crippen molar-refractivity contribution in [3.8, 4) is 0 Å². The van der Waals surface area contributed by atoms with Crippen LogP contribution in [-0.4, -0.2) is 132 Å². The Morgan fingerprint density at radius 1 is 0.864 bits per heavy atom. The molecule has 59 heavy (non-hydrogen) atoms. The van der Waals surface area contributed by atoms with E-state index in [1.165, 1.54) is 6.07 Å². The lowest BCUT2D eigenvalue weighted by molar-refractivity contribution is -0.131. The minimum absolute atomic E-state index is 0.0757. The second-order valence-corrected chi connectivity index (χ2v) is 14.8. The number of halogens is 1. The van der Waals surface area contributed by atoms with Crippen LogP contribution in [0.4, 0.5) is 16.1 Å². The topological polar surface area (TPSA) is 171 Å². The van der Waals surface area contributed by atoms with Gasteiger partial charge in [0, 0.05) is 81.0 Å². The van der Waals surface area contributed by atoms with Gasteiger partial charge >= 0.3 is 0 Å². The first-order valence-corrected chi connectivity index (χ1v) is 20.6. The molecule has 3 N–H and O–H groups in total. The van der Waals surface area contributed by atoms with E-state index in [0.717, 1.165) is 65.0 Å². The largest absolute Gasteiger partial charge is 0.423 e. The molecule has 1 fully saturated rings. The van der Waals surface area contributed by atoms with E-state index < -0.39 is 11.9 Å². The van der Waals surface area contributed by atoms with Crippen LogP contribution in [0.15, 0.2) is 40.8 Å². The maximum Gasteiger partial charge on any atom is 0.298 e. The van der Waals surface area contributed by atoms with Crippen LogP contribution in [0, 0.1) is 11.7 Å². The third-order valence-electron chi connectivity index (χ3n) is 10.4. The molecule has 322 valence electrons. The highest BCUT2D eigenvalue weighted by Gasteiger charge is 2.27. The van der Waals surface area contributed by atoms with Gasteiger partial charge in [-0.25, -0.2) is 4.39 Å². The van der Waals surface area contributed by atoms with E-state index >= 15 is 0 Å². The van der Waals surface area contributed by atoms with Crippen LogP contribution in [0.25, 0.3) is 22.0 Å². The molecule has 1 atom stereocenters. The number of oxazole rings is 1. The van der Waals surface area contributed by atoms with E-state index in [-0.39, 0.29) is 49.7 Å². The highest BCUT2D eigenvalue weighted by molar-refractivity contribution is 5.91. The Morgan fingerprint density at radius 3 is 2.32 bits per heavy atom. The number of carbonyl (C=O) groups excluding carboxylic acids is 3. The van der Waals surface area contributed by atoms with Gasteiger partial charge in [0.25, 0.3) is 6.01 Å². The summed E-state index contributed by atoms with van der Waals surface area (Å²) in [6, 6.07) is 10.7. The summed E-state index contributed by atoms with van der Waals surface area (Å²) in [5, 5.41) is 9.26. The van der Waals surface area contributed by atoms with Crippen molar-refractivity contribution in [2.45, 2.75) is 52.7 Å². The molecule has 0 aliphatic carbocycles. The second-order valence-electron chi connectivity index (χ2n) is 14.8. The van der Waals surface area contributed by atoms with Crippen molar-refractivity contribution in [1.82, 2.24) is 25.5 Å². The highest BCUT2D eigenvalue weighted by atomic mass is 19.1. The molecular formula is C42H58FN7O9. The molecular weight excluding hydrogens is 765 g/mol. The number of fused-ring (bicyclic) bond motifs is 4. The van der Waals surface area contributed by atoms with Gasteiger partial charge in [0.05, 0.1) is 71.5 Å². The van der Waals surface area contributed by atoms with Crippen molar-refractivity contribution in [3.05, 3.63) is 53.5 Å². The van der Waals surface area contributed by atoms with Gasteiger partial charge in [0.1, 0.15) is 17.4 Å². The number of hydrogen-bond acceptors (Lipinski definition) is 12. The second kappa shape index (κ2) is 22.0. The Labute approximate surface area is 344 Å². The van der Waals surface area contributed by atoms with E-state index in [9.17, 15) is 18.8 Å². The fourth-order valence-corrected chi connectivity index (χ4v) is 7.28. The third kappa shape index (κ3) is 12.1. The van der Waals surface area contributed by atoms with Crippen LogP contribution in [0.5, 0.6) is 0 Å². The Bertz CT molecular complexity index is 2000. The smallest absolute Gasteiger partial charge is 0.298 e. The average molecular weight is 824 g/mol. The number of amides is 3. The average Bonchev–Trinajstić information content (AvgIpc) is 3.80. The summed E-state index contributed by atoms with van der Waals surface area (Å²) in [6.07, 6.45) is 0.798. The van der Waals surface area contributed by atoms with Crippen LogP contribution in [0.1, 0.15) is 38.4 Å². The van der Waals surface area contributed by atoms with Gasteiger partial charge in [-0.2, -0.15) is 4.98 Å². The summed E-state index contributed by atoms with van der Waals surface area (Å²) >= 11 is 0. The zero-order chi connectivity index (χ0) is 41.6. The molecule has 1 unspecified atom stereocenters. The van der Waals surface area contributed by atoms with Crippen molar-refractivity contribution in [2.75, 3.05) is 109 Å². The number of nitrogens with one attached hydrogen (secondary N) is 3. The lowest BCUT2D eigenvalue weighted by Gasteiger charge is -2.30. The predicted molar refractivity (Wildman–Crippen MR) is 220 cm³/mol. The molecule has 0 saturated carbocycles. The van der Waals surface area contributed by atoms with E-state index in [1.54, 1.807) is 6.07 Å². The fraction of sp³-hybridized carbons (Fsp3) is 0.571. The number of anilines is 2. The molecule has 2 aromatic carbocycles. The number of nitrogens with zero attached hydrogens (tertiary/aromatic N) is 4. The van der Waals surface area contributed by atoms with Gasteiger partial charge in [-0.15, -0.1) is 0 Å². The monoisotopic (exact) mass is 823 g/mol. The summed E-state index contributed by atoms with van der Waals surface area (Å²) in [4.78, 5) is 47.7. The van der Waals surface area contributed by atoms with Crippen LogP contribution in [0.2, 0.25) is 0 Å². The van der Waals surface area contributed by atoms with Crippen molar-refractivity contribution < 1.29 is 46.9 Å². The van der Waals surface area contributed by atoms with Crippen molar-refractivity contribution >= 4 is 51.4 Å². The summed E-state index contributed by atoms with van der Waals surface area (Å²) < 4.78 is 49.7. The van der Waals surface area contributed by atoms with Crippen molar-refractivity contribution in [1.29, 1.82) is 0 Å². The molecule has 0 radical (unpaired) electrons. The SMILES string of the molecule is CCOCCOCCOCCOCCC(=O)NC(C(=O)NCC(=O)NCCn1c2c(c3ccc(F)cc31)CN(c1ccc3oc(N4CCOCC4)nc3c1)CC2)C(C)C. The highest BCUT2D eigenvalue weighted by Crippen LogP contribution is 2.35. The molecule has 1 saturated heterocycles. The number of benzene rings is 2. The van der Waals surface area contributed by atoms with Gasteiger partial charge in [-0.3, -0.25) is 14.4 Å². The van der Waals surface area contributed by atoms with E-state index in [2.05, 4.69) is 36.4 Å². The number of morpholine rings is 1. The number of carbonyl (C=O) groups is 3. The summed E-state index contributed by atoms with van der Waals surface area (Å²) in [5.41, 5.74) is 5.54. The molecule has 0 bridgehead atoms. The Morgan fingerprint density at radius 2 is 1.59 bits per heavy atom. The normalized spacial score (nSPS) is 14.9. The quantitative estimate of drug-likeness (QED) is 0.0936. The zero-order valence-corrected chi connectivity index (χ0v) is 34.4. The molecule has 2 aliphatic heterocycles. The Hall–Kier alpha value is -4.81. The lowest BCUT2D eigenvalue weighted by atomic mass is 10.0. The first-order chi connectivity index (χ1) is 28.7.